The molecule has 0 aromatic carbocycles. The van der Waals surface area contributed by atoms with Crippen LogP contribution >= 0.6 is 0 Å². The number of likely N-dealkylation sites (tertiary alicyclic amines) is 1. The van der Waals surface area contributed by atoms with Gasteiger partial charge in [-0.2, -0.15) is 0 Å². The molecule has 1 saturated carbocycles. The summed E-state index contributed by atoms with van der Waals surface area (Å²) in [4.78, 5) is 2.79. The molecule has 4 aliphatic rings. The van der Waals surface area contributed by atoms with Crippen LogP contribution in [-0.2, 0) is 0 Å². The van der Waals surface area contributed by atoms with E-state index >= 15 is 0 Å². The molecule has 4 rings (SSSR count). The molecule has 34 heavy (non-hydrogen) atoms. The molecule has 0 aromatic heterocycles. The van der Waals surface area contributed by atoms with E-state index in [0.29, 0.717) is 17.9 Å². The van der Waals surface area contributed by atoms with Crippen molar-refractivity contribution < 1.29 is 0 Å². The Kier molecular flexibility index (Phi) is 9.10. The fourth-order valence-corrected chi connectivity index (χ4v) is 6.28. The molecule has 2 aliphatic heterocycles. The lowest BCUT2D eigenvalue weighted by atomic mass is 9.82. The highest BCUT2D eigenvalue weighted by Gasteiger charge is 2.26. The number of hydrogen-bond acceptors (Lipinski definition) is 2. The van der Waals surface area contributed by atoms with Crippen LogP contribution in [0.5, 0.6) is 0 Å². The van der Waals surface area contributed by atoms with Gasteiger partial charge in [0.15, 0.2) is 0 Å². The lowest BCUT2D eigenvalue weighted by Crippen LogP contribution is -2.41. The second-order valence-electron chi connectivity index (χ2n) is 12.5. The van der Waals surface area contributed by atoms with Gasteiger partial charge in [0.05, 0.1) is 0 Å². The van der Waals surface area contributed by atoms with E-state index in [-0.39, 0.29) is 5.41 Å². The molecule has 2 fully saturated rings. The molecule has 2 heterocycles. The molecule has 3 atom stereocenters. The maximum Gasteiger partial charge on any atom is 0.0173 e. The van der Waals surface area contributed by atoms with Crippen LogP contribution in [0.4, 0.5) is 0 Å². The third kappa shape index (κ3) is 7.56. The quantitative estimate of drug-likeness (QED) is 0.408. The van der Waals surface area contributed by atoms with Gasteiger partial charge in [-0.3, -0.25) is 0 Å². The van der Waals surface area contributed by atoms with E-state index in [2.05, 4.69) is 86.5 Å². The first-order valence-electron chi connectivity index (χ1n) is 14.3. The molecule has 3 unspecified atom stereocenters. The molecule has 188 valence electrons. The number of rotatable bonds is 6. The summed E-state index contributed by atoms with van der Waals surface area (Å²) >= 11 is 0. The number of allylic oxidation sites excluding steroid dienone is 7. The van der Waals surface area contributed by atoms with Gasteiger partial charge in [-0.05, 0) is 87.3 Å². The Hall–Kier alpha value is -1.38. The Bertz CT molecular complexity index is 791. The lowest BCUT2D eigenvalue weighted by molar-refractivity contribution is 0.121. The maximum atomic E-state index is 3.88. The summed E-state index contributed by atoms with van der Waals surface area (Å²) in [6.45, 7) is 12.9. The summed E-state index contributed by atoms with van der Waals surface area (Å²) in [5.74, 6) is 1.95. The average molecular weight is 463 g/mol. The van der Waals surface area contributed by atoms with E-state index in [1.54, 1.807) is 5.57 Å². The molecule has 2 heteroatoms. The predicted molar refractivity (Wildman–Crippen MR) is 148 cm³/mol. The number of piperidine rings is 1. The molecule has 0 amide bonds. The third-order valence-electron chi connectivity index (χ3n) is 8.47. The van der Waals surface area contributed by atoms with Crippen LogP contribution in [0.15, 0.2) is 59.8 Å². The zero-order chi connectivity index (χ0) is 24.0. The van der Waals surface area contributed by atoms with Gasteiger partial charge in [0.2, 0.25) is 0 Å². The van der Waals surface area contributed by atoms with Crippen molar-refractivity contribution in [3.63, 3.8) is 0 Å². The lowest BCUT2D eigenvalue weighted by Gasteiger charge is -2.38. The minimum Gasteiger partial charge on any atom is -0.309 e. The average Bonchev–Trinajstić information content (AvgIpc) is 2.84. The molecule has 0 aromatic rings. The Morgan fingerprint density at radius 3 is 2.50 bits per heavy atom. The topological polar surface area (TPSA) is 15.3 Å². The highest BCUT2D eigenvalue weighted by atomic mass is 15.2. The molecule has 1 N–H and O–H groups in total. The molecule has 2 nitrogen and oxygen atoms in total. The van der Waals surface area contributed by atoms with Crippen molar-refractivity contribution in [2.24, 2.45) is 23.2 Å². The van der Waals surface area contributed by atoms with Gasteiger partial charge in [-0.25, -0.2) is 0 Å². The largest absolute Gasteiger partial charge is 0.309 e. The van der Waals surface area contributed by atoms with Crippen LogP contribution in [0.2, 0.25) is 0 Å². The summed E-state index contributed by atoms with van der Waals surface area (Å²) in [6.07, 6.45) is 31.6. The molecule has 0 radical (unpaired) electrons. The van der Waals surface area contributed by atoms with Crippen molar-refractivity contribution in [3.8, 4) is 0 Å². The van der Waals surface area contributed by atoms with Gasteiger partial charge in [0.1, 0.15) is 0 Å². The van der Waals surface area contributed by atoms with Crippen molar-refractivity contribution in [1.29, 1.82) is 0 Å². The second kappa shape index (κ2) is 12.0. The number of nitrogens with zero attached hydrogens (tertiary/aromatic N) is 1. The van der Waals surface area contributed by atoms with E-state index in [9.17, 15) is 0 Å². The summed E-state index contributed by atoms with van der Waals surface area (Å²) in [6, 6.07) is 1.45. The smallest absolute Gasteiger partial charge is 0.0173 e. The summed E-state index contributed by atoms with van der Waals surface area (Å²) < 4.78 is 0. The normalized spacial score (nSPS) is 33.9. The molecular weight excluding hydrogens is 412 g/mol. The molecule has 0 spiro atoms. The third-order valence-corrected chi connectivity index (χ3v) is 8.47. The van der Waals surface area contributed by atoms with Crippen LogP contribution in [-0.4, -0.2) is 36.6 Å². The number of nitrogens with one attached hydrogen (secondary N) is 1. The zero-order valence-corrected chi connectivity index (χ0v) is 22.4. The Labute approximate surface area is 210 Å². The fraction of sp³-hybridized carbons (Fsp3) is 0.688. The van der Waals surface area contributed by atoms with Crippen LogP contribution in [0.25, 0.3) is 0 Å². The first kappa shape index (κ1) is 25.7. The fourth-order valence-electron chi connectivity index (χ4n) is 6.28. The summed E-state index contributed by atoms with van der Waals surface area (Å²) in [7, 11) is 0. The van der Waals surface area contributed by atoms with E-state index in [0.717, 1.165) is 31.3 Å². The van der Waals surface area contributed by atoms with Gasteiger partial charge in [0.25, 0.3) is 0 Å². The first-order valence-corrected chi connectivity index (χ1v) is 14.3. The molecule has 0 bridgehead atoms. The van der Waals surface area contributed by atoms with Crippen molar-refractivity contribution in [2.75, 3.05) is 19.6 Å². The number of hydrogen-bond donors (Lipinski definition) is 1. The molecule has 1 saturated heterocycles. The van der Waals surface area contributed by atoms with Gasteiger partial charge in [-0.1, -0.05) is 88.3 Å². The van der Waals surface area contributed by atoms with Gasteiger partial charge >= 0.3 is 0 Å². The predicted octanol–water partition coefficient (Wildman–Crippen LogP) is 7.62. The van der Waals surface area contributed by atoms with E-state index < -0.39 is 0 Å². The van der Waals surface area contributed by atoms with Crippen LogP contribution < -0.4 is 5.32 Å². The molecule has 2 aliphatic carbocycles. The van der Waals surface area contributed by atoms with Gasteiger partial charge in [0, 0.05) is 24.5 Å². The van der Waals surface area contributed by atoms with Crippen LogP contribution in [0, 0.1) is 23.2 Å². The second-order valence-corrected chi connectivity index (χ2v) is 12.5. The SMILES string of the molecule is CC1C=C(C2C=C(C=CC(C)(C)C)C=CC2)CNC1CC=CC1CCC(N2CCCCC2)CC1. The van der Waals surface area contributed by atoms with Crippen molar-refractivity contribution in [1.82, 2.24) is 10.2 Å². The zero-order valence-electron chi connectivity index (χ0n) is 22.4. The Balaban J connectivity index is 1.23. The maximum absolute atomic E-state index is 3.88. The van der Waals surface area contributed by atoms with Crippen molar-refractivity contribution in [2.45, 2.75) is 97.6 Å². The van der Waals surface area contributed by atoms with Gasteiger partial charge < -0.3 is 10.2 Å². The summed E-state index contributed by atoms with van der Waals surface area (Å²) in [5.41, 5.74) is 3.17. The Morgan fingerprint density at radius 1 is 1.03 bits per heavy atom. The van der Waals surface area contributed by atoms with Crippen LogP contribution in [0.3, 0.4) is 0 Å². The highest BCUT2D eigenvalue weighted by molar-refractivity contribution is 5.38. The van der Waals surface area contributed by atoms with E-state index in [1.165, 1.54) is 63.6 Å². The summed E-state index contributed by atoms with van der Waals surface area (Å²) in [5, 5.41) is 3.88. The first-order chi connectivity index (χ1) is 16.4. The van der Waals surface area contributed by atoms with Crippen molar-refractivity contribution in [3.05, 3.63) is 59.8 Å². The van der Waals surface area contributed by atoms with Gasteiger partial charge in [-0.15, -0.1) is 0 Å². The monoisotopic (exact) mass is 462 g/mol. The highest BCUT2D eigenvalue weighted by Crippen LogP contribution is 2.32. The Morgan fingerprint density at radius 2 is 1.79 bits per heavy atom. The minimum atomic E-state index is 0.231. The van der Waals surface area contributed by atoms with Crippen LogP contribution in [0.1, 0.15) is 85.5 Å². The standard InChI is InChI=1S/C32H50N2/c1-25-22-29(28-12-8-11-27(23-28)18-19-32(2,3)4)24-33-31(25)13-9-10-26-14-16-30(17-15-26)34-20-6-5-7-21-34/h8-11,18-19,22-23,25-26,28,30-31,33H,5-7,12-17,20-21,24H2,1-4H3. The minimum absolute atomic E-state index is 0.231. The van der Waals surface area contributed by atoms with Crippen molar-refractivity contribution >= 4 is 0 Å². The van der Waals surface area contributed by atoms with E-state index in [1.807, 2.05) is 0 Å². The molecular formula is C32H50N2. The van der Waals surface area contributed by atoms with E-state index in [4.69, 9.17) is 0 Å².